The summed E-state index contributed by atoms with van der Waals surface area (Å²) in [6.45, 7) is 8.22. The third-order valence-electron chi connectivity index (χ3n) is 3.36. The number of nitrogens with zero attached hydrogens (tertiary/aromatic N) is 1. The summed E-state index contributed by atoms with van der Waals surface area (Å²) in [5.41, 5.74) is 6.17. The van der Waals surface area contributed by atoms with Crippen molar-refractivity contribution in [3.63, 3.8) is 0 Å². The van der Waals surface area contributed by atoms with Crippen LogP contribution in [0.2, 0.25) is 0 Å². The van der Waals surface area contributed by atoms with Crippen LogP contribution in [0.3, 0.4) is 0 Å². The molecule has 4 nitrogen and oxygen atoms in total. The molecule has 1 aromatic rings. The van der Waals surface area contributed by atoms with E-state index in [-0.39, 0.29) is 5.91 Å². The maximum atomic E-state index is 12.3. The summed E-state index contributed by atoms with van der Waals surface area (Å²) in [4.78, 5) is 16.6. The standard InChI is InChI=1S/C12H21N3OS/c1-5-12(6-2,7-13)11(16)15-10-8(3)14-9(4)17-10/h5-7,13H2,1-4H3,(H,15,16). The summed E-state index contributed by atoms with van der Waals surface area (Å²) >= 11 is 1.51. The lowest BCUT2D eigenvalue weighted by molar-refractivity contribution is -0.125. The Morgan fingerprint density at radius 2 is 2.00 bits per heavy atom. The van der Waals surface area contributed by atoms with Crippen LogP contribution in [-0.4, -0.2) is 17.4 Å². The van der Waals surface area contributed by atoms with Crippen LogP contribution in [0.25, 0.3) is 0 Å². The Balaban J connectivity index is 2.88. The van der Waals surface area contributed by atoms with Crippen LogP contribution < -0.4 is 11.1 Å². The molecule has 0 fully saturated rings. The van der Waals surface area contributed by atoms with Gasteiger partial charge in [-0.2, -0.15) is 0 Å². The van der Waals surface area contributed by atoms with E-state index in [2.05, 4.69) is 10.3 Å². The van der Waals surface area contributed by atoms with E-state index in [1.807, 2.05) is 27.7 Å². The zero-order valence-electron chi connectivity index (χ0n) is 11.0. The molecule has 0 saturated heterocycles. The summed E-state index contributed by atoms with van der Waals surface area (Å²) in [6.07, 6.45) is 1.51. The molecule has 0 radical (unpaired) electrons. The van der Waals surface area contributed by atoms with Crippen LogP contribution >= 0.6 is 11.3 Å². The van der Waals surface area contributed by atoms with Crippen LogP contribution in [0.4, 0.5) is 5.00 Å². The summed E-state index contributed by atoms with van der Waals surface area (Å²) in [7, 11) is 0. The van der Waals surface area contributed by atoms with Crippen molar-refractivity contribution in [2.75, 3.05) is 11.9 Å². The monoisotopic (exact) mass is 255 g/mol. The van der Waals surface area contributed by atoms with Crippen molar-refractivity contribution in [2.45, 2.75) is 40.5 Å². The third-order valence-corrected chi connectivity index (χ3v) is 4.34. The maximum absolute atomic E-state index is 12.3. The zero-order chi connectivity index (χ0) is 13.1. The normalized spacial score (nSPS) is 11.6. The van der Waals surface area contributed by atoms with E-state index in [0.29, 0.717) is 6.54 Å². The number of hydrogen-bond acceptors (Lipinski definition) is 4. The van der Waals surface area contributed by atoms with Crippen LogP contribution in [0.1, 0.15) is 37.4 Å². The molecule has 0 aliphatic carbocycles. The van der Waals surface area contributed by atoms with E-state index < -0.39 is 5.41 Å². The Kier molecular flexibility index (Phi) is 4.65. The summed E-state index contributed by atoms with van der Waals surface area (Å²) in [6, 6.07) is 0. The van der Waals surface area contributed by atoms with Gasteiger partial charge in [0.1, 0.15) is 5.00 Å². The highest BCUT2D eigenvalue weighted by Gasteiger charge is 2.33. The molecule has 0 saturated carbocycles. The minimum Gasteiger partial charge on any atom is -0.329 e. The fraction of sp³-hybridized carbons (Fsp3) is 0.667. The first kappa shape index (κ1) is 14.1. The summed E-state index contributed by atoms with van der Waals surface area (Å²) < 4.78 is 0. The van der Waals surface area contributed by atoms with Gasteiger partial charge in [0.25, 0.3) is 0 Å². The number of nitrogens with one attached hydrogen (secondary N) is 1. The van der Waals surface area contributed by atoms with Gasteiger partial charge in [-0.05, 0) is 26.7 Å². The Labute approximate surface area is 107 Å². The van der Waals surface area contributed by atoms with E-state index in [4.69, 9.17) is 5.73 Å². The van der Waals surface area contributed by atoms with E-state index in [9.17, 15) is 4.79 Å². The van der Waals surface area contributed by atoms with E-state index in [1.165, 1.54) is 11.3 Å². The fourth-order valence-corrected chi connectivity index (χ4v) is 2.65. The molecule has 0 aliphatic rings. The molecule has 1 rings (SSSR count). The number of thiazole rings is 1. The minimum absolute atomic E-state index is 0.0109. The second-order valence-corrected chi connectivity index (χ2v) is 5.50. The van der Waals surface area contributed by atoms with E-state index >= 15 is 0 Å². The van der Waals surface area contributed by atoms with Gasteiger partial charge in [-0.1, -0.05) is 13.8 Å². The predicted molar refractivity (Wildman–Crippen MR) is 72.3 cm³/mol. The molecule has 17 heavy (non-hydrogen) atoms. The fourth-order valence-electron chi connectivity index (χ4n) is 1.84. The Hall–Kier alpha value is -0.940. The van der Waals surface area contributed by atoms with Crippen molar-refractivity contribution >= 4 is 22.2 Å². The number of aryl methyl sites for hydroxylation is 2. The minimum atomic E-state index is -0.454. The zero-order valence-corrected chi connectivity index (χ0v) is 11.8. The van der Waals surface area contributed by atoms with Crippen molar-refractivity contribution in [2.24, 2.45) is 11.1 Å². The van der Waals surface area contributed by atoms with Crippen molar-refractivity contribution in [3.8, 4) is 0 Å². The molecular weight excluding hydrogens is 234 g/mol. The Morgan fingerprint density at radius 1 is 1.41 bits per heavy atom. The van der Waals surface area contributed by atoms with Crippen LogP contribution in [-0.2, 0) is 4.79 Å². The highest BCUT2D eigenvalue weighted by atomic mass is 32.1. The summed E-state index contributed by atoms with van der Waals surface area (Å²) in [5, 5.41) is 4.76. The highest BCUT2D eigenvalue weighted by Crippen LogP contribution is 2.30. The van der Waals surface area contributed by atoms with Crippen molar-refractivity contribution in [3.05, 3.63) is 10.7 Å². The van der Waals surface area contributed by atoms with Gasteiger partial charge in [0.05, 0.1) is 16.1 Å². The van der Waals surface area contributed by atoms with Crippen LogP contribution in [0.5, 0.6) is 0 Å². The first-order valence-electron chi connectivity index (χ1n) is 5.94. The summed E-state index contributed by atoms with van der Waals surface area (Å²) in [5.74, 6) is 0.0109. The molecule has 0 aromatic carbocycles. The van der Waals surface area contributed by atoms with Gasteiger partial charge in [-0.15, -0.1) is 11.3 Å². The molecule has 0 bridgehead atoms. The lowest BCUT2D eigenvalue weighted by Crippen LogP contribution is -2.41. The number of rotatable bonds is 5. The topological polar surface area (TPSA) is 68.0 Å². The van der Waals surface area contributed by atoms with Crippen LogP contribution in [0, 0.1) is 19.3 Å². The van der Waals surface area contributed by atoms with Gasteiger partial charge in [-0.25, -0.2) is 4.98 Å². The molecule has 1 heterocycles. The first-order chi connectivity index (χ1) is 7.99. The average molecular weight is 255 g/mol. The molecule has 0 spiro atoms. The van der Waals surface area contributed by atoms with Crippen molar-refractivity contribution in [1.29, 1.82) is 0 Å². The smallest absolute Gasteiger partial charge is 0.232 e. The second-order valence-electron chi connectivity index (χ2n) is 4.29. The van der Waals surface area contributed by atoms with Gasteiger partial charge in [0.15, 0.2) is 0 Å². The van der Waals surface area contributed by atoms with Gasteiger partial charge in [-0.3, -0.25) is 4.79 Å². The molecule has 1 amide bonds. The first-order valence-corrected chi connectivity index (χ1v) is 6.76. The second kappa shape index (κ2) is 5.60. The molecule has 96 valence electrons. The molecule has 5 heteroatoms. The number of aromatic nitrogens is 1. The maximum Gasteiger partial charge on any atom is 0.232 e. The number of nitrogens with two attached hydrogens (primary N) is 1. The molecule has 0 aliphatic heterocycles. The Morgan fingerprint density at radius 3 is 2.35 bits per heavy atom. The SMILES string of the molecule is CCC(CC)(CN)C(=O)Nc1sc(C)nc1C. The van der Waals surface area contributed by atoms with E-state index in [0.717, 1.165) is 28.5 Å². The lowest BCUT2D eigenvalue weighted by Gasteiger charge is -2.28. The van der Waals surface area contributed by atoms with Crippen molar-refractivity contribution < 1.29 is 4.79 Å². The average Bonchev–Trinajstić information content (AvgIpc) is 2.61. The number of carbonyl (C=O) groups is 1. The lowest BCUT2D eigenvalue weighted by atomic mass is 9.81. The Bertz CT molecular complexity index is 388. The molecule has 1 aromatic heterocycles. The molecular formula is C12H21N3OS. The quantitative estimate of drug-likeness (QED) is 0.849. The van der Waals surface area contributed by atoms with E-state index in [1.54, 1.807) is 0 Å². The largest absolute Gasteiger partial charge is 0.329 e. The molecule has 3 N–H and O–H groups in total. The van der Waals surface area contributed by atoms with Gasteiger partial charge in [0, 0.05) is 6.54 Å². The van der Waals surface area contributed by atoms with Gasteiger partial charge < -0.3 is 11.1 Å². The predicted octanol–water partition coefficient (Wildman–Crippen LogP) is 2.46. The number of carbonyl (C=O) groups excluding carboxylic acids is 1. The number of hydrogen-bond donors (Lipinski definition) is 2. The van der Waals surface area contributed by atoms with Gasteiger partial charge in [0.2, 0.25) is 5.91 Å². The highest BCUT2D eigenvalue weighted by molar-refractivity contribution is 7.16. The number of amides is 1. The number of anilines is 1. The van der Waals surface area contributed by atoms with Crippen molar-refractivity contribution in [1.82, 2.24) is 4.98 Å². The third kappa shape index (κ3) is 2.84. The molecule has 0 unspecified atom stereocenters. The molecule has 0 atom stereocenters. The van der Waals surface area contributed by atoms with Crippen LogP contribution in [0.15, 0.2) is 0 Å². The van der Waals surface area contributed by atoms with Gasteiger partial charge >= 0.3 is 0 Å².